The van der Waals surface area contributed by atoms with Crippen LogP contribution in [0.4, 0.5) is 5.13 Å². The molecule has 0 spiro atoms. The van der Waals surface area contributed by atoms with Crippen LogP contribution in [0.15, 0.2) is 47.8 Å². The summed E-state index contributed by atoms with van der Waals surface area (Å²) in [6.45, 7) is 5.72. The Morgan fingerprint density at radius 2 is 1.75 bits per heavy atom. The number of hydrogen-bond acceptors (Lipinski definition) is 6. The van der Waals surface area contributed by atoms with E-state index in [9.17, 15) is 9.59 Å². The van der Waals surface area contributed by atoms with Gasteiger partial charge in [0, 0.05) is 16.5 Å². The minimum atomic E-state index is -0.706. The van der Waals surface area contributed by atoms with Gasteiger partial charge < -0.3 is 20.1 Å². The summed E-state index contributed by atoms with van der Waals surface area (Å²) in [5, 5.41) is 7.93. The lowest BCUT2D eigenvalue weighted by molar-refractivity contribution is -0.118. The van der Waals surface area contributed by atoms with Crippen LogP contribution < -0.4 is 20.1 Å². The Labute approximate surface area is 191 Å². The highest BCUT2D eigenvalue weighted by Gasteiger charge is 2.25. The summed E-state index contributed by atoms with van der Waals surface area (Å²) in [5.41, 5.74) is 2.99. The van der Waals surface area contributed by atoms with Crippen LogP contribution in [0.2, 0.25) is 0 Å². The number of hydrogen-bond donors (Lipinski definition) is 2. The molecule has 32 heavy (non-hydrogen) atoms. The Balaban J connectivity index is 1.75. The Bertz CT molecular complexity index is 1090. The Kier molecular flexibility index (Phi) is 7.48. The molecule has 7 nitrogen and oxygen atoms in total. The van der Waals surface area contributed by atoms with Crippen molar-refractivity contribution in [1.82, 2.24) is 10.3 Å². The van der Waals surface area contributed by atoms with Gasteiger partial charge in [0.25, 0.3) is 5.91 Å². The second kappa shape index (κ2) is 10.3. The Hall–Kier alpha value is -3.39. The van der Waals surface area contributed by atoms with Crippen LogP contribution in [0.25, 0.3) is 11.3 Å². The van der Waals surface area contributed by atoms with E-state index < -0.39 is 6.04 Å². The number of nitrogens with one attached hydrogen (secondary N) is 2. The average molecular weight is 454 g/mol. The van der Waals surface area contributed by atoms with Gasteiger partial charge in [-0.1, -0.05) is 31.5 Å². The summed E-state index contributed by atoms with van der Waals surface area (Å²) >= 11 is 1.30. The van der Waals surface area contributed by atoms with Crippen molar-refractivity contribution < 1.29 is 19.1 Å². The maximum atomic E-state index is 12.9. The third kappa shape index (κ3) is 5.45. The van der Waals surface area contributed by atoms with Gasteiger partial charge in [-0.15, -0.1) is 11.3 Å². The maximum Gasteiger partial charge on any atom is 0.251 e. The second-order valence-corrected chi connectivity index (χ2v) is 8.51. The molecule has 3 aromatic rings. The summed E-state index contributed by atoms with van der Waals surface area (Å²) in [7, 11) is 3.18. The molecule has 0 saturated heterocycles. The molecule has 0 aliphatic rings. The summed E-state index contributed by atoms with van der Waals surface area (Å²) < 4.78 is 10.7. The fraction of sp³-hybridized carbons (Fsp3) is 0.292. The molecule has 1 heterocycles. The highest BCUT2D eigenvalue weighted by molar-refractivity contribution is 7.14. The van der Waals surface area contributed by atoms with Crippen LogP contribution >= 0.6 is 11.3 Å². The molecule has 168 valence electrons. The summed E-state index contributed by atoms with van der Waals surface area (Å²) in [5.74, 6) is 0.610. The predicted octanol–water partition coefficient (Wildman–Crippen LogP) is 4.53. The van der Waals surface area contributed by atoms with Crippen LogP contribution in [0, 0.1) is 12.8 Å². The van der Waals surface area contributed by atoms with Gasteiger partial charge >= 0.3 is 0 Å². The van der Waals surface area contributed by atoms with E-state index in [0.717, 1.165) is 11.1 Å². The third-order valence-corrected chi connectivity index (χ3v) is 5.72. The zero-order chi connectivity index (χ0) is 23.3. The summed E-state index contributed by atoms with van der Waals surface area (Å²) in [4.78, 5) is 30.1. The minimum Gasteiger partial charge on any atom is -0.497 e. The molecule has 0 bridgehead atoms. The van der Waals surface area contributed by atoms with Crippen molar-refractivity contribution in [3.8, 4) is 22.8 Å². The van der Waals surface area contributed by atoms with Gasteiger partial charge in [-0.2, -0.15) is 0 Å². The first-order valence-electron chi connectivity index (χ1n) is 10.2. The van der Waals surface area contributed by atoms with E-state index in [2.05, 4.69) is 15.6 Å². The van der Waals surface area contributed by atoms with Gasteiger partial charge in [-0.05, 0) is 43.2 Å². The first-order chi connectivity index (χ1) is 15.3. The number of benzene rings is 2. The molecule has 0 aliphatic carbocycles. The van der Waals surface area contributed by atoms with Crippen molar-refractivity contribution >= 4 is 28.3 Å². The topological polar surface area (TPSA) is 89.5 Å². The third-order valence-electron chi connectivity index (χ3n) is 4.97. The fourth-order valence-corrected chi connectivity index (χ4v) is 3.83. The van der Waals surface area contributed by atoms with E-state index in [1.807, 2.05) is 44.4 Å². The van der Waals surface area contributed by atoms with Crippen LogP contribution in [0.1, 0.15) is 29.8 Å². The number of aryl methyl sites for hydroxylation is 1. The van der Waals surface area contributed by atoms with Gasteiger partial charge in [-0.25, -0.2) is 4.98 Å². The maximum absolute atomic E-state index is 12.9. The molecule has 1 aromatic heterocycles. The van der Waals surface area contributed by atoms with Gasteiger partial charge in [-0.3, -0.25) is 9.59 Å². The van der Waals surface area contributed by atoms with Crippen LogP contribution in [0.5, 0.6) is 11.5 Å². The zero-order valence-corrected chi connectivity index (χ0v) is 19.6. The van der Waals surface area contributed by atoms with Gasteiger partial charge in [0.05, 0.1) is 19.9 Å². The summed E-state index contributed by atoms with van der Waals surface area (Å²) in [6, 6.07) is 12.0. The Morgan fingerprint density at radius 1 is 1.03 bits per heavy atom. The summed E-state index contributed by atoms with van der Waals surface area (Å²) in [6.07, 6.45) is 0. The first-order valence-corrected chi connectivity index (χ1v) is 11.1. The van der Waals surface area contributed by atoms with Crippen molar-refractivity contribution in [3.05, 3.63) is 59.0 Å². The smallest absolute Gasteiger partial charge is 0.251 e. The number of amides is 2. The molecule has 8 heteroatoms. The lowest BCUT2D eigenvalue weighted by Gasteiger charge is -2.21. The van der Waals surface area contributed by atoms with Crippen LogP contribution in [-0.4, -0.2) is 37.1 Å². The highest BCUT2D eigenvalue weighted by Crippen LogP contribution is 2.35. The minimum absolute atomic E-state index is 0.109. The lowest BCUT2D eigenvalue weighted by Crippen LogP contribution is -2.47. The highest BCUT2D eigenvalue weighted by atomic mass is 32.1. The predicted molar refractivity (Wildman–Crippen MR) is 127 cm³/mol. The first kappa shape index (κ1) is 23.3. The quantitative estimate of drug-likeness (QED) is 0.523. The average Bonchev–Trinajstić information content (AvgIpc) is 3.25. The monoisotopic (exact) mass is 453 g/mol. The van der Waals surface area contributed by atoms with Crippen molar-refractivity contribution in [1.29, 1.82) is 0 Å². The van der Waals surface area contributed by atoms with Gasteiger partial charge in [0.15, 0.2) is 5.13 Å². The van der Waals surface area contributed by atoms with Crippen molar-refractivity contribution in [2.24, 2.45) is 5.92 Å². The molecule has 3 rings (SSSR count). The number of ether oxygens (including phenoxy) is 2. The molecule has 2 aromatic carbocycles. The largest absolute Gasteiger partial charge is 0.497 e. The number of aromatic nitrogens is 1. The van der Waals surface area contributed by atoms with E-state index in [4.69, 9.17) is 9.47 Å². The number of anilines is 1. The second-order valence-electron chi connectivity index (χ2n) is 7.65. The molecular weight excluding hydrogens is 426 g/mol. The molecule has 2 N–H and O–H groups in total. The molecule has 0 radical (unpaired) electrons. The Morgan fingerprint density at radius 3 is 2.38 bits per heavy atom. The van der Waals surface area contributed by atoms with Crippen molar-refractivity contribution in [2.75, 3.05) is 19.5 Å². The van der Waals surface area contributed by atoms with Crippen molar-refractivity contribution in [3.63, 3.8) is 0 Å². The normalized spacial score (nSPS) is 11.7. The molecule has 1 unspecified atom stereocenters. The molecule has 1 atom stereocenters. The number of carbonyl (C=O) groups is 2. The van der Waals surface area contributed by atoms with Gasteiger partial charge in [0.2, 0.25) is 5.91 Å². The SMILES string of the molecule is COc1ccc(OC)c(-c2csc(NC(=O)C(NC(=O)c3ccc(C)cc3)C(C)C)n2)c1. The number of rotatable bonds is 8. The van der Waals surface area contributed by atoms with Gasteiger partial charge in [0.1, 0.15) is 17.5 Å². The van der Waals surface area contributed by atoms with E-state index in [1.165, 1.54) is 11.3 Å². The van der Waals surface area contributed by atoms with Crippen LogP contribution in [0.3, 0.4) is 0 Å². The molecule has 0 fully saturated rings. The fourth-order valence-electron chi connectivity index (χ4n) is 3.12. The zero-order valence-electron chi connectivity index (χ0n) is 18.8. The van der Waals surface area contributed by atoms with Crippen molar-refractivity contribution in [2.45, 2.75) is 26.8 Å². The number of nitrogens with zero attached hydrogens (tertiary/aromatic N) is 1. The number of carbonyl (C=O) groups excluding carboxylic acids is 2. The lowest BCUT2D eigenvalue weighted by atomic mass is 10.0. The van der Waals surface area contributed by atoms with E-state index in [0.29, 0.717) is 27.9 Å². The molecule has 2 amide bonds. The molecular formula is C24H27N3O4S. The number of methoxy groups -OCH3 is 2. The van der Waals surface area contributed by atoms with E-state index in [-0.39, 0.29) is 17.7 Å². The molecule has 0 aliphatic heterocycles. The standard InChI is InChI=1S/C24H27N3O4S/c1-14(2)21(26-22(28)16-8-6-15(3)7-9-16)23(29)27-24-25-19(13-32-24)18-12-17(30-4)10-11-20(18)31-5/h6-14,21H,1-5H3,(H,26,28)(H,25,27,29). The number of thiazole rings is 1. The van der Waals surface area contributed by atoms with E-state index in [1.54, 1.807) is 38.5 Å². The van der Waals surface area contributed by atoms with E-state index >= 15 is 0 Å². The molecule has 0 saturated carbocycles. The van der Waals surface area contributed by atoms with Crippen LogP contribution in [-0.2, 0) is 4.79 Å².